The second kappa shape index (κ2) is 4.50. The van der Waals surface area contributed by atoms with Crippen LogP contribution in [0.2, 0.25) is 0 Å². The second-order valence-electron chi connectivity index (χ2n) is 3.09. The Morgan fingerprint density at radius 3 is 2.81 bits per heavy atom. The zero-order valence-corrected chi connectivity index (χ0v) is 9.71. The number of hydrogen-bond donors (Lipinski definition) is 2. The van der Waals surface area contributed by atoms with Crippen molar-refractivity contribution in [3.05, 3.63) is 23.8 Å². The summed E-state index contributed by atoms with van der Waals surface area (Å²) in [4.78, 5) is 12.5. The molecule has 0 bridgehead atoms. The number of aryl methyl sites for hydroxylation is 1. The number of nitrogens with two attached hydrogens (primary N) is 1. The summed E-state index contributed by atoms with van der Waals surface area (Å²) in [6.45, 7) is 3.69. The molecule has 0 aliphatic rings. The molecular formula is C9H11N5OS. The molecule has 0 aliphatic heterocycles. The zero-order valence-electron chi connectivity index (χ0n) is 8.89. The molecule has 0 spiro atoms. The molecule has 2 aromatic heterocycles. The average molecular weight is 237 g/mol. The number of rotatable bonds is 3. The minimum Gasteiger partial charge on any atom is -0.440 e. The molecule has 6 nitrogen and oxygen atoms in total. The summed E-state index contributed by atoms with van der Waals surface area (Å²) in [5.41, 5.74) is 3.41. The maximum absolute atomic E-state index is 5.37. The van der Waals surface area contributed by atoms with Gasteiger partial charge < -0.3 is 9.84 Å². The lowest BCUT2D eigenvalue weighted by molar-refractivity contribution is 0.454. The van der Waals surface area contributed by atoms with Crippen LogP contribution >= 0.6 is 11.8 Å². The fourth-order valence-corrected chi connectivity index (χ4v) is 2.00. The van der Waals surface area contributed by atoms with Crippen molar-refractivity contribution in [2.45, 2.75) is 24.1 Å². The quantitative estimate of drug-likeness (QED) is 0.475. The summed E-state index contributed by atoms with van der Waals surface area (Å²) in [5.74, 6) is 6.63. The van der Waals surface area contributed by atoms with Crippen molar-refractivity contribution in [1.29, 1.82) is 0 Å². The molecular weight excluding hydrogens is 226 g/mol. The lowest BCUT2D eigenvalue weighted by Gasteiger charge is -2.08. The molecule has 2 rings (SSSR count). The van der Waals surface area contributed by atoms with Gasteiger partial charge in [-0.15, -0.1) is 0 Å². The van der Waals surface area contributed by atoms with E-state index in [1.54, 1.807) is 13.1 Å². The molecule has 0 saturated carbocycles. The molecule has 84 valence electrons. The molecule has 0 atom stereocenters. The first-order valence-electron chi connectivity index (χ1n) is 4.60. The summed E-state index contributed by atoms with van der Waals surface area (Å²) in [7, 11) is 0. The van der Waals surface area contributed by atoms with Crippen molar-refractivity contribution < 1.29 is 4.42 Å². The van der Waals surface area contributed by atoms with Crippen molar-refractivity contribution in [3.63, 3.8) is 0 Å². The maximum atomic E-state index is 5.37. The smallest absolute Gasteiger partial charge is 0.261 e. The number of nitrogens with zero attached hydrogens (tertiary/aromatic N) is 3. The van der Waals surface area contributed by atoms with Gasteiger partial charge in [0.1, 0.15) is 22.9 Å². The van der Waals surface area contributed by atoms with E-state index in [1.807, 2.05) is 6.92 Å². The van der Waals surface area contributed by atoms with Gasteiger partial charge in [-0.3, -0.25) is 0 Å². The van der Waals surface area contributed by atoms with E-state index in [4.69, 9.17) is 10.3 Å². The third-order valence-corrected chi connectivity index (χ3v) is 2.91. The van der Waals surface area contributed by atoms with Gasteiger partial charge in [0, 0.05) is 5.56 Å². The van der Waals surface area contributed by atoms with Gasteiger partial charge in [0.15, 0.2) is 0 Å². The van der Waals surface area contributed by atoms with E-state index in [9.17, 15) is 0 Å². The van der Waals surface area contributed by atoms with Gasteiger partial charge in [-0.25, -0.2) is 20.8 Å². The minimum absolute atomic E-state index is 0.546. The normalized spacial score (nSPS) is 10.4. The Kier molecular flexibility index (Phi) is 3.07. The van der Waals surface area contributed by atoms with Crippen LogP contribution in [-0.2, 0) is 0 Å². The summed E-state index contributed by atoms with van der Waals surface area (Å²) in [5, 5.41) is 1.33. The van der Waals surface area contributed by atoms with Crippen LogP contribution in [0.15, 0.2) is 27.1 Å². The van der Waals surface area contributed by atoms with E-state index >= 15 is 0 Å². The highest BCUT2D eigenvalue weighted by atomic mass is 32.2. The Balaban J connectivity index is 2.36. The van der Waals surface area contributed by atoms with Crippen LogP contribution < -0.4 is 11.3 Å². The van der Waals surface area contributed by atoms with E-state index in [0.717, 1.165) is 10.6 Å². The summed E-state index contributed by atoms with van der Waals surface area (Å²) >= 11 is 1.34. The number of hydrazine groups is 1. The fraction of sp³-hybridized carbons (Fsp3) is 0.222. The highest BCUT2D eigenvalue weighted by Crippen LogP contribution is 2.29. The van der Waals surface area contributed by atoms with Crippen LogP contribution in [0.25, 0.3) is 0 Å². The minimum atomic E-state index is 0.546. The number of nitrogens with one attached hydrogen (secondary N) is 1. The Bertz CT molecular complexity index is 485. The molecule has 0 aromatic carbocycles. The van der Waals surface area contributed by atoms with Crippen molar-refractivity contribution in [3.8, 4) is 0 Å². The summed E-state index contributed by atoms with van der Waals surface area (Å²) in [6.07, 6.45) is 3.11. The maximum Gasteiger partial charge on any atom is 0.261 e. The molecule has 2 heterocycles. The first-order valence-corrected chi connectivity index (χ1v) is 5.41. The van der Waals surface area contributed by atoms with Crippen LogP contribution in [0.1, 0.15) is 11.4 Å². The van der Waals surface area contributed by atoms with Gasteiger partial charge in [0.05, 0.1) is 6.20 Å². The van der Waals surface area contributed by atoms with E-state index in [-0.39, 0.29) is 0 Å². The molecule has 0 aliphatic carbocycles. The monoisotopic (exact) mass is 237 g/mol. The number of hydrogen-bond acceptors (Lipinski definition) is 7. The molecule has 2 aromatic rings. The third kappa shape index (κ3) is 2.15. The SMILES string of the molecule is Cc1nc(NN)c(C)c(Sc2ncco2)n1. The molecule has 0 fully saturated rings. The van der Waals surface area contributed by atoms with E-state index in [1.165, 1.54) is 18.0 Å². The molecule has 16 heavy (non-hydrogen) atoms. The number of aromatic nitrogens is 3. The van der Waals surface area contributed by atoms with Gasteiger partial charge in [-0.05, 0) is 25.6 Å². The number of nitrogen functional groups attached to an aromatic ring is 1. The van der Waals surface area contributed by atoms with Gasteiger partial charge in [-0.2, -0.15) is 0 Å². The fourth-order valence-electron chi connectivity index (χ4n) is 1.19. The standard InChI is InChI=1S/C9H11N5OS/c1-5-7(14-10)12-6(2)13-8(5)16-9-11-3-4-15-9/h3-4H,10H2,1-2H3,(H,12,13,14). The molecule has 0 amide bonds. The lowest BCUT2D eigenvalue weighted by Crippen LogP contribution is -2.12. The third-order valence-electron chi connectivity index (χ3n) is 1.94. The molecule has 7 heteroatoms. The predicted molar refractivity (Wildman–Crippen MR) is 59.9 cm³/mol. The van der Waals surface area contributed by atoms with Gasteiger partial charge in [0.25, 0.3) is 5.22 Å². The molecule has 0 unspecified atom stereocenters. The Morgan fingerprint density at radius 1 is 1.38 bits per heavy atom. The second-order valence-corrected chi connectivity index (χ2v) is 4.03. The van der Waals surface area contributed by atoms with E-state index in [2.05, 4.69) is 20.4 Å². The van der Waals surface area contributed by atoms with Crippen LogP contribution in [0, 0.1) is 13.8 Å². The largest absolute Gasteiger partial charge is 0.440 e. The van der Waals surface area contributed by atoms with Gasteiger partial charge >= 0.3 is 0 Å². The van der Waals surface area contributed by atoms with Crippen molar-refractivity contribution in [2.75, 3.05) is 5.43 Å². The van der Waals surface area contributed by atoms with Crippen molar-refractivity contribution in [1.82, 2.24) is 15.0 Å². The van der Waals surface area contributed by atoms with Crippen molar-refractivity contribution >= 4 is 17.6 Å². The van der Waals surface area contributed by atoms with E-state index < -0.39 is 0 Å². The highest BCUT2D eigenvalue weighted by Gasteiger charge is 2.11. The van der Waals surface area contributed by atoms with Crippen molar-refractivity contribution in [2.24, 2.45) is 5.84 Å². The van der Waals surface area contributed by atoms with Gasteiger partial charge in [0.2, 0.25) is 0 Å². The zero-order chi connectivity index (χ0) is 11.5. The molecule has 0 radical (unpaired) electrons. The lowest BCUT2D eigenvalue weighted by atomic mass is 10.3. The first kappa shape index (κ1) is 10.9. The van der Waals surface area contributed by atoms with Crippen LogP contribution in [0.3, 0.4) is 0 Å². The Hall–Kier alpha value is -1.60. The average Bonchev–Trinajstić information content (AvgIpc) is 2.75. The molecule has 3 N–H and O–H groups in total. The summed E-state index contributed by atoms with van der Waals surface area (Å²) in [6, 6.07) is 0. The van der Waals surface area contributed by atoms with E-state index in [0.29, 0.717) is 16.9 Å². The topological polar surface area (TPSA) is 89.9 Å². The highest BCUT2D eigenvalue weighted by molar-refractivity contribution is 7.99. The first-order chi connectivity index (χ1) is 7.70. The van der Waals surface area contributed by atoms with Crippen LogP contribution in [0.5, 0.6) is 0 Å². The van der Waals surface area contributed by atoms with Gasteiger partial charge in [-0.1, -0.05) is 0 Å². The summed E-state index contributed by atoms with van der Waals surface area (Å²) < 4.78 is 5.15. The van der Waals surface area contributed by atoms with Crippen LogP contribution in [0.4, 0.5) is 5.82 Å². The number of oxazole rings is 1. The Morgan fingerprint density at radius 2 is 2.19 bits per heavy atom. The predicted octanol–water partition coefficient (Wildman–Crippen LogP) is 1.52. The number of anilines is 1. The Labute approximate surface area is 96.7 Å². The molecule has 0 saturated heterocycles. The van der Waals surface area contributed by atoms with Crippen LogP contribution in [-0.4, -0.2) is 15.0 Å².